The highest BCUT2D eigenvalue weighted by Crippen LogP contribution is 2.10. The van der Waals surface area contributed by atoms with Crippen molar-refractivity contribution in [3.63, 3.8) is 0 Å². The Morgan fingerprint density at radius 2 is 2.27 bits per heavy atom. The molecule has 1 N–H and O–H groups in total. The average Bonchev–Trinajstić information content (AvgIpc) is 2.96. The topological polar surface area (TPSA) is 76.1 Å². The maximum atomic E-state index is 11.2. The second kappa shape index (κ2) is 5.31. The van der Waals surface area contributed by atoms with E-state index in [4.69, 9.17) is 14.6 Å². The number of epoxide rings is 1. The van der Waals surface area contributed by atoms with Crippen LogP contribution < -0.4 is 0 Å². The van der Waals surface area contributed by atoms with Crippen molar-refractivity contribution < 1.29 is 24.2 Å². The third-order valence-corrected chi connectivity index (χ3v) is 1.72. The summed E-state index contributed by atoms with van der Waals surface area (Å²) < 4.78 is 9.69. The van der Waals surface area contributed by atoms with Crippen molar-refractivity contribution >= 4 is 11.9 Å². The van der Waals surface area contributed by atoms with E-state index in [1.54, 1.807) is 0 Å². The number of allylic oxidation sites excluding steroid dienone is 1. The van der Waals surface area contributed by atoms with Gasteiger partial charge in [-0.15, -0.1) is 0 Å². The monoisotopic (exact) mass is 212 g/mol. The van der Waals surface area contributed by atoms with Crippen LogP contribution in [0.3, 0.4) is 0 Å². The highest BCUT2D eigenvalue weighted by molar-refractivity contribution is 5.88. The Kier molecular flexibility index (Phi) is 4.05. The van der Waals surface area contributed by atoms with E-state index in [2.05, 4.69) is 6.58 Å². The molecule has 82 valence electrons. The molecule has 0 amide bonds. The molecule has 1 atom stereocenters. The summed E-state index contributed by atoms with van der Waals surface area (Å²) in [6, 6.07) is 0. The Balaban J connectivity index is 2.19. The molecule has 0 saturated carbocycles. The van der Waals surface area contributed by atoms with Crippen LogP contribution in [0.15, 0.2) is 24.3 Å². The number of hydrogen-bond acceptors (Lipinski definition) is 4. The minimum absolute atomic E-state index is 0.0244. The molecule has 1 unspecified atom stereocenters. The number of esters is 1. The largest absolute Gasteiger partial charge is 0.478 e. The molecule has 5 heteroatoms. The maximum absolute atomic E-state index is 11.2. The number of ether oxygens (including phenoxy) is 2. The molecule has 0 aliphatic carbocycles. The molecule has 1 heterocycles. The zero-order valence-corrected chi connectivity index (χ0v) is 8.14. The first-order chi connectivity index (χ1) is 7.09. The van der Waals surface area contributed by atoms with Gasteiger partial charge in [0.05, 0.1) is 6.61 Å². The first-order valence-corrected chi connectivity index (χ1v) is 4.45. The van der Waals surface area contributed by atoms with Crippen molar-refractivity contribution in [3.05, 3.63) is 24.3 Å². The summed E-state index contributed by atoms with van der Waals surface area (Å²) in [5.74, 6) is -1.57. The molecule has 1 saturated heterocycles. The Morgan fingerprint density at radius 3 is 2.80 bits per heavy atom. The fourth-order valence-corrected chi connectivity index (χ4v) is 0.820. The van der Waals surface area contributed by atoms with Crippen molar-refractivity contribution in [2.24, 2.45) is 0 Å². The molecular formula is C10H12O5. The number of carbonyl (C=O) groups is 2. The summed E-state index contributed by atoms with van der Waals surface area (Å²) in [6.07, 6.45) is 2.51. The minimum Gasteiger partial charge on any atom is -0.478 e. The lowest BCUT2D eigenvalue weighted by Gasteiger charge is -2.02. The zero-order chi connectivity index (χ0) is 11.3. The van der Waals surface area contributed by atoms with Gasteiger partial charge in [-0.2, -0.15) is 0 Å². The first kappa shape index (κ1) is 11.5. The molecule has 5 nitrogen and oxygen atoms in total. The van der Waals surface area contributed by atoms with Gasteiger partial charge in [0.25, 0.3) is 0 Å². The predicted molar refractivity (Wildman–Crippen MR) is 51.2 cm³/mol. The number of carbonyl (C=O) groups excluding carboxylic acids is 1. The van der Waals surface area contributed by atoms with Gasteiger partial charge >= 0.3 is 11.9 Å². The summed E-state index contributed by atoms with van der Waals surface area (Å²) in [5.41, 5.74) is 0.230. The molecule has 1 rings (SSSR count). The molecule has 1 aliphatic heterocycles. The number of hydrogen-bond donors (Lipinski definition) is 1. The Labute approximate surface area is 87.0 Å². The van der Waals surface area contributed by atoms with E-state index >= 15 is 0 Å². The SMILES string of the molecule is C=C(CC=CC(=O)O)C(=O)OCC1CO1. The smallest absolute Gasteiger partial charge is 0.333 e. The van der Waals surface area contributed by atoms with Crippen molar-refractivity contribution in [2.75, 3.05) is 13.2 Å². The van der Waals surface area contributed by atoms with Crippen LogP contribution in [0.2, 0.25) is 0 Å². The maximum Gasteiger partial charge on any atom is 0.333 e. The number of carboxylic acid groups (broad SMARTS) is 1. The molecule has 0 radical (unpaired) electrons. The van der Waals surface area contributed by atoms with Gasteiger partial charge in [0.2, 0.25) is 0 Å². The van der Waals surface area contributed by atoms with E-state index in [0.717, 1.165) is 6.08 Å². The van der Waals surface area contributed by atoms with Gasteiger partial charge in [-0.1, -0.05) is 12.7 Å². The van der Waals surface area contributed by atoms with E-state index in [-0.39, 0.29) is 24.7 Å². The van der Waals surface area contributed by atoms with Crippen LogP contribution in [-0.2, 0) is 19.1 Å². The molecule has 1 fully saturated rings. The number of aliphatic carboxylic acids is 1. The lowest BCUT2D eigenvalue weighted by Crippen LogP contribution is -2.11. The molecule has 1 aliphatic rings. The summed E-state index contributed by atoms with van der Waals surface area (Å²) in [4.78, 5) is 21.3. The third-order valence-electron chi connectivity index (χ3n) is 1.72. The first-order valence-electron chi connectivity index (χ1n) is 4.45. The van der Waals surface area contributed by atoms with E-state index < -0.39 is 11.9 Å². The summed E-state index contributed by atoms with van der Waals surface area (Å²) >= 11 is 0. The average molecular weight is 212 g/mol. The molecule has 0 spiro atoms. The molecule has 0 bridgehead atoms. The van der Waals surface area contributed by atoms with Gasteiger partial charge in [0, 0.05) is 11.6 Å². The summed E-state index contributed by atoms with van der Waals surface area (Å²) in [6.45, 7) is 4.35. The second-order valence-electron chi connectivity index (χ2n) is 3.10. The zero-order valence-electron chi connectivity index (χ0n) is 8.14. The van der Waals surface area contributed by atoms with E-state index in [1.165, 1.54) is 6.08 Å². The predicted octanol–water partition coefficient (Wildman–Crippen LogP) is 0.515. The molecular weight excluding hydrogens is 200 g/mol. The van der Waals surface area contributed by atoms with Gasteiger partial charge in [-0.25, -0.2) is 9.59 Å². The Bertz CT molecular complexity index is 301. The molecule has 0 aromatic rings. The summed E-state index contributed by atoms with van der Waals surface area (Å²) in [7, 11) is 0. The van der Waals surface area contributed by atoms with Crippen LogP contribution in [0, 0.1) is 0 Å². The van der Waals surface area contributed by atoms with Crippen molar-refractivity contribution in [2.45, 2.75) is 12.5 Å². The highest BCUT2D eigenvalue weighted by Gasteiger charge is 2.24. The lowest BCUT2D eigenvalue weighted by atomic mass is 10.2. The minimum atomic E-state index is -1.05. The van der Waals surface area contributed by atoms with Crippen LogP contribution in [0.25, 0.3) is 0 Å². The quantitative estimate of drug-likeness (QED) is 0.394. The number of carboxylic acids is 1. The normalized spacial score (nSPS) is 18.8. The standard InChI is InChI=1S/C10H12O5/c1-7(3-2-4-9(11)12)10(13)15-6-8-5-14-8/h2,4,8H,1,3,5-6H2,(H,11,12). The van der Waals surface area contributed by atoms with Crippen molar-refractivity contribution in [1.82, 2.24) is 0 Å². The van der Waals surface area contributed by atoms with Crippen molar-refractivity contribution in [1.29, 1.82) is 0 Å². The molecule has 0 aromatic heterocycles. The fraction of sp³-hybridized carbons (Fsp3) is 0.400. The van der Waals surface area contributed by atoms with E-state index in [0.29, 0.717) is 6.61 Å². The molecule has 0 aromatic carbocycles. The fourth-order valence-electron chi connectivity index (χ4n) is 0.820. The van der Waals surface area contributed by atoms with Crippen LogP contribution in [-0.4, -0.2) is 36.4 Å². The van der Waals surface area contributed by atoms with Gasteiger partial charge in [-0.3, -0.25) is 0 Å². The van der Waals surface area contributed by atoms with Crippen LogP contribution in [0.5, 0.6) is 0 Å². The lowest BCUT2D eigenvalue weighted by molar-refractivity contribution is -0.139. The van der Waals surface area contributed by atoms with Crippen LogP contribution in [0.1, 0.15) is 6.42 Å². The molecule has 15 heavy (non-hydrogen) atoms. The number of rotatable bonds is 6. The van der Waals surface area contributed by atoms with Crippen LogP contribution in [0.4, 0.5) is 0 Å². The Morgan fingerprint density at radius 1 is 1.60 bits per heavy atom. The van der Waals surface area contributed by atoms with Gasteiger partial charge < -0.3 is 14.6 Å². The van der Waals surface area contributed by atoms with Gasteiger partial charge in [0.15, 0.2) is 0 Å². The second-order valence-corrected chi connectivity index (χ2v) is 3.10. The third kappa shape index (κ3) is 4.97. The van der Waals surface area contributed by atoms with Gasteiger partial charge in [0.1, 0.15) is 12.7 Å². The van der Waals surface area contributed by atoms with E-state index in [9.17, 15) is 9.59 Å². The van der Waals surface area contributed by atoms with E-state index in [1.807, 2.05) is 0 Å². The summed E-state index contributed by atoms with van der Waals surface area (Å²) in [5, 5.41) is 8.30. The van der Waals surface area contributed by atoms with Crippen molar-refractivity contribution in [3.8, 4) is 0 Å². The highest BCUT2D eigenvalue weighted by atomic mass is 16.6. The van der Waals surface area contributed by atoms with Crippen LogP contribution >= 0.6 is 0 Å². The van der Waals surface area contributed by atoms with Gasteiger partial charge in [-0.05, 0) is 6.42 Å². The Hall–Kier alpha value is -1.62.